The van der Waals surface area contributed by atoms with E-state index in [0.717, 1.165) is 29.5 Å². The minimum absolute atomic E-state index is 0.0470. The van der Waals surface area contributed by atoms with Gasteiger partial charge in [0.25, 0.3) is 5.91 Å². The summed E-state index contributed by atoms with van der Waals surface area (Å²) in [6, 6.07) is 6.43. The third-order valence-electron chi connectivity index (χ3n) is 6.86. The highest BCUT2D eigenvalue weighted by Crippen LogP contribution is 2.34. The minimum atomic E-state index is -3.97. The number of carboxylic acids is 1. The van der Waals surface area contributed by atoms with Crippen molar-refractivity contribution in [3.05, 3.63) is 41.9 Å². The molecule has 0 spiro atoms. The van der Waals surface area contributed by atoms with Crippen LogP contribution in [0, 0.1) is 12.8 Å². The van der Waals surface area contributed by atoms with Crippen LogP contribution < -0.4 is 10.2 Å². The number of rotatable bonds is 10. The van der Waals surface area contributed by atoms with Crippen molar-refractivity contribution in [2.24, 2.45) is 5.92 Å². The molecule has 4 rings (SSSR count). The average Bonchev–Trinajstić information content (AvgIpc) is 3.68. The Hall–Kier alpha value is -3.05. The van der Waals surface area contributed by atoms with Crippen LogP contribution in [0.25, 0.3) is 0 Å². The van der Waals surface area contributed by atoms with E-state index in [1.807, 2.05) is 0 Å². The molecule has 1 heterocycles. The van der Waals surface area contributed by atoms with Crippen LogP contribution in [0.5, 0.6) is 0 Å². The number of hydrogen-bond donors (Lipinski definition) is 2. The number of carboxylic acid groups (broad SMARTS) is 1. The van der Waals surface area contributed by atoms with Gasteiger partial charge in [-0.05, 0) is 62.3 Å². The number of likely N-dealkylation sites (N-methyl/N-ethyl adjacent to an activating group) is 1. The Morgan fingerprint density at radius 1 is 1.08 bits per heavy atom. The molecule has 0 saturated heterocycles. The molecule has 36 heavy (non-hydrogen) atoms. The van der Waals surface area contributed by atoms with E-state index in [2.05, 4.69) is 20.2 Å². The summed E-state index contributed by atoms with van der Waals surface area (Å²) in [6.45, 7) is 1.99. The number of hydrogen-bond acceptors (Lipinski definition) is 7. The number of anilines is 2. The summed E-state index contributed by atoms with van der Waals surface area (Å²) >= 11 is 0. The molecular weight excluding hydrogens is 482 g/mol. The molecule has 0 bridgehead atoms. The second-order valence-corrected chi connectivity index (χ2v) is 11.8. The van der Waals surface area contributed by atoms with Gasteiger partial charge in [0.2, 0.25) is 10.0 Å². The van der Waals surface area contributed by atoms with Gasteiger partial charge in [-0.3, -0.25) is 9.59 Å². The van der Waals surface area contributed by atoms with Crippen molar-refractivity contribution in [3.63, 3.8) is 0 Å². The third kappa shape index (κ3) is 6.19. The Morgan fingerprint density at radius 2 is 1.81 bits per heavy atom. The molecule has 2 aromatic rings. The first-order valence-electron chi connectivity index (χ1n) is 12.3. The molecule has 2 fully saturated rings. The van der Waals surface area contributed by atoms with Gasteiger partial charge < -0.3 is 15.3 Å². The number of carbonyl (C=O) groups is 2. The van der Waals surface area contributed by atoms with E-state index in [1.54, 1.807) is 13.0 Å². The van der Waals surface area contributed by atoms with Crippen LogP contribution in [0.15, 0.2) is 35.5 Å². The number of aryl methyl sites for hydroxylation is 1. The molecule has 11 heteroatoms. The summed E-state index contributed by atoms with van der Waals surface area (Å²) in [4.78, 5) is 35.0. The molecule has 2 aliphatic carbocycles. The topological polar surface area (TPSA) is 133 Å². The maximum atomic E-state index is 13.1. The predicted molar refractivity (Wildman–Crippen MR) is 136 cm³/mol. The van der Waals surface area contributed by atoms with Gasteiger partial charge in [-0.25, -0.2) is 18.4 Å². The van der Waals surface area contributed by atoms with Gasteiger partial charge in [0.15, 0.2) is 0 Å². The van der Waals surface area contributed by atoms with Crippen LogP contribution in [0.1, 0.15) is 61.0 Å². The Labute approximate surface area is 211 Å². The molecule has 2 aliphatic rings. The first-order chi connectivity index (χ1) is 17.1. The van der Waals surface area contributed by atoms with Crippen LogP contribution in [0.4, 0.5) is 11.5 Å². The number of benzene rings is 1. The number of nitrogens with zero attached hydrogens (tertiary/aromatic N) is 4. The Kier molecular flexibility index (Phi) is 7.89. The zero-order valence-electron chi connectivity index (χ0n) is 20.7. The lowest BCUT2D eigenvalue weighted by atomic mass is 9.94. The monoisotopic (exact) mass is 515 g/mol. The van der Waals surface area contributed by atoms with Crippen LogP contribution in [-0.4, -0.2) is 65.9 Å². The number of aliphatic carboxylic acids is 1. The molecule has 2 N–H and O–H groups in total. The maximum absolute atomic E-state index is 13.1. The van der Waals surface area contributed by atoms with Crippen molar-refractivity contribution < 1.29 is 23.1 Å². The van der Waals surface area contributed by atoms with E-state index in [9.17, 15) is 18.0 Å². The average molecular weight is 516 g/mol. The smallest absolute Gasteiger partial charge is 0.318 e. The number of carbonyl (C=O) groups excluding carboxylic acids is 1. The fraction of sp³-hybridized carbons (Fsp3) is 0.520. The predicted octanol–water partition coefficient (Wildman–Crippen LogP) is 3.29. The lowest BCUT2D eigenvalue weighted by Gasteiger charge is -2.35. The van der Waals surface area contributed by atoms with Crippen LogP contribution >= 0.6 is 0 Å². The van der Waals surface area contributed by atoms with Crippen molar-refractivity contribution in [2.75, 3.05) is 30.4 Å². The summed E-state index contributed by atoms with van der Waals surface area (Å²) in [5.41, 5.74) is 1.22. The zero-order chi connectivity index (χ0) is 25.9. The number of aromatic nitrogens is 2. The molecule has 1 aromatic carbocycles. The Bertz CT molecular complexity index is 1230. The summed E-state index contributed by atoms with van der Waals surface area (Å²) in [6.07, 6.45) is 9.84. The van der Waals surface area contributed by atoms with Gasteiger partial charge in [-0.2, -0.15) is 4.31 Å². The van der Waals surface area contributed by atoms with Crippen LogP contribution in [-0.2, 0) is 14.8 Å². The normalized spacial score (nSPS) is 16.6. The third-order valence-corrected chi connectivity index (χ3v) is 8.66. The van der Waals surface area contributed by atoms with E-state index in [0.29, 0.717) is 23.2 Å². The Balaban J connectivity index is 1.50. The minimum Gasteiger partial charge on any atom is -0.480 e. The van der Waals surface area contributed by atoms with Crippen molar-refractivity contribution in [2.45, 2.75) is 62.8 Å². The second-order valence-electron chi connectivity index (χ2n) is 9.73. The maximum Gasteiger partial charge on any atom is 0.318 e. The molecule has 0 radical (unpaired) electrons. The Morgan fingerprint density at radius 3 is 2.44 bits per heavy atom. The van der Waals surface area contributed by atoms with Crippen molar-refractivity contribution >= 4 is 33.4 Å². The molecule has 194 valence electrons. The van der Waals surface area contributed by atoms with Gasteiger partial charge in [-0.15, -0.1) is 0 Å². The number of sulfonamides is 1. The number of amides is 1. The molecule has 0 atom stereocenters. The fourth-order valence-corrected chi connectivity index (χ4v) is 5.81. The summed E-state index contributed by atoms with van der Waals surface area (Å²) in [5.74, 6) is -0.194. The summed E-state index contributed by atoms with van der Waals surface area (Å²) in [7, 11) is -2.76. The molecule has 1 aromatic heterocycles. The summed E-state index contributed by atoms with van der Waals surface area (Å²) < 4.78 is 26.1. The fourth-order valence-electron chi connectivity index (χ4n) is 4.61. The van der Waals surface area contributed by atoms with Crippen molar-refractivity contribution in [1.29, 1.82) is 0 Å². The number of nitrogens with one attached hydrogen (secondary N) is 1. The van der Waals surface area contributed by atoms with Gasteiger partial charge in [0, 0.05) is 31.4 Å². The largest absolute Gasteiger partial charge is 0.480 e. The molecule has 10 nitrogen and oxygen atoms in total. The van der Waals surface area contributed by atoms with E-state index in [1.165, 1.54) is 63.7 Å². The first-order valence-corrected chi connectivity index (χ1v) is 13.8. The molecule has 0 unspecified atom stereocenters. The summed E-state index contributed by atoms with van der Waals surface area (Å²) in [5, 5.41) is 11.7. The molecule has 0 aliphatic heterocycles. The van der Waals surface area contributed by atoms with Crippen LogP contribution in [0.2, 0.25) is 0 Å². The van der Waals surface area contributed by atoms with E-state index in [4.69, 9.17) is 5.11 Å². The second kappa shape index (κ2) is 10.9. The molecular formula is C25H33N5O5S. The van der Waals surface area contributed by atoms with Gasteiger partial charge in [0.05, 0.1) is 4.90 Å². The highest BCUT2D eigenvalue weighted by Gasteiger charge is 2.30. The first kappa shape index (κ1) is 26.0. The highest BCUT2D eigenvalue weighted by atomic mass is 32.2. The SMILES string of the molecule is Cc1cc(S(=O)(=O)N(C)CC(=O)O)ccc1NC(=O)c1cc(N(CC2CC2)C2CCCCC2)ncn1. The van der Waals surface area contributed by atoms with Gasteiger partial charge in [0.1, 0.15) is 24.4 Å². The molecule has 2 saturated carbocycles. The van der Waals surface area contributed by atoms with Crippen LogP contribution in [0.3, 0.4) is 0 Å². The lowest BCUT2D eigenvalue weighted by Crippen LogP contribution is -2.39. The zero-order valence-corrected chi connectivity index (χ0v) is 21.5. The van der Waals surface area contributed by atoms with Crippen molar-refractivity contribution in [1.82, 2.24) is 14.3 Å². The highest BCUT2D eigenvalue weighted by molar-refractivity contribution is 7.89. The van der Waals surface area contributed by atoms with Gasteiger partial charge >= 0.3 is 5.97 Å². The van der Waals surface area contributed by atoms with E-state index >= 15 is 0 Å². The quantitative estimate of drug-likeness (QED) is 0.493. The van der Waals surface area contributed by atoms with E-state index in [-0.39, 0.29) is 10.6 Å². The van der Waals surface area contributed by atoms with E-state index < -0.39 is 28.4 Å². The standard InChI is InChI=1S/C25H33N5O5S/c1-17-12-20(36(34,35)29(2)15-24(31)32)10-11-21(17)28-25(33)22-13-23(27-16-26-22)30(14-18-8-9-18)19-6-4-3-5-7-19/h10-13,16,18-19H,3-9,14-15H2,1-2H3,(H,28,33)(H,31,32). The molecule has 1 amide bonds. The van der Waals surface area contributed by atoms with Gasteiger partial charge in [-0.1, -0.05) is 19.3 Å². The van der Waals surface area contributed by atoms with Crippen molar-refractivity contribution in [3.8, 4) is 0 Å². The lowest BCUT2D eigenvalue weighted by molar-refractivity contribution is -0.137.